The lowest BCUT2D eigenvalue weighted by Crippen LogP contribution is -2.09. The van der Waals surface area contributed by atoms with Crippen molar-refractivity contribution < 1.29 is 9.53 Å². The number of hydrogen-bond acceptors (Lipinski definition) is 6. The number of rotatable bonds is 4. The molecular weight excluding hydrogens is 330 g/mol. The molecule has 0 amide bonds. The highest BCUT2D eigenvalue weighted by molar-refractivity contribution is 6.30. The van der Waals surface area contributed by atoms with Gasteiger partial charge in [-0.05, 0) is 38.1 Å². The molecule has 3 aromatic rings. The summed E-state index contributed by atoms with van der Waals surface area (Å²) in [5.74, 6) is 0.114. The maximum Gasteiger partial charge on any atom is 0.341 e. The fourth-order valence-corrected chi connectivity index (χ4v) is 2.21. The highest BCUT2D eigenvalue weighted by atomic mass is 35.5. The van der Waals surface area contributed by atoms with Crippen molar-refractivity contribution >= 4 is 17.6 Å². The van der Waals surface area contributed by atoms with Crippen molar-refractivity contribution in [3.05, 3.63) is 64.5 Å². The Hall–Kier alpha value is -2.80. The highest BCUT2D eigenvalue weighted by Crippen LogP contribution is 2.13. The van der Waals surface area contributed by atoms with Gasteiger partial charge in [-0.25, -0.2) is 19.4 Å². The van der Waals surface area contributed by atoms with Crippen LogP contribution in [0.25, 0.3) is 5.69 Å². The van der Waals surface area contributed by atoms with Crippen LogP contribution < -0.4 is 0 Å². The molecule has 2 heterocycles. The number of aromatic nitrogens is 5. The van der Waals surface area contributed by atoms with Crippen LogP contribution >= 0.6 is 11.6 Å². The molecule has 0 fully saturated rings. The fraction of sp³-hybridized carbons (Fsp3) is 0.188. The summed E-state index contributed by atoms with van der Waals surface area (Å²) in [5, 5.41) is 8.63. The van der Waals surface area contributed by atoms with E-state index in [-0.39, 0.29) is 6.61 Å². The third kappa shape index (κ3) is 3.57. The van der Waals surface area contributed by atoms with E-state index in [9.17, 15) is 4.79 Å². The van der Waals surface area contributed by atoms with Gasteiger partial charge in [0.2, 0.25) is 0 Å². The molecule has 7 nitrogen and oxygen atoms in total. The normalized spacial score (nSPS) is 10.6. The van der Waals surface area contributed by atoms with Crippen molar-refractivity contribution in [1.82, 2.24) is 25.0 Å². The highest BCUT2D eigenvalue weighted by Gasteiger charge is 2.13. The van der Waals surface area contributed by atoms with E-state index in [4.69, 9.17) is 16.3 Å². The Morgan fingerprint density at radius 1 is 1.25 bits per heavy atom. The van der Waals surface area contributed by atoms with E-state index in [0.717, 1.165) is 5.69 Å². The minimum absolute atomic E-state index is 0.0136. The van der Waals surface area contributed by atoms with E-state index >= 15 is 0 Å². The van der Waals surface area contributed by atoms with Gasteiger partial charge in [0.1, 0.15) is 18.1 Å². The zero-order chi connectivity index (χ0) is 17.1. The van der Waals surface area contributed by atoms with Crippen LogP contribution in [-0.2, 0) is 11.3 Å². The van der Waals surface area contributed by atoms with Crippen LogP contribution in [0.2, 0.25) is 5.02 Å². The first-order valence-corrected chi connectivity index (χ1v) is 7.55. The summed E-state index contributed by atoms with van der Waals surface area (Å²) >= 11 is 5.86. The first-order valence-electron chi connectivity index (χ1n) is 7.17. The lowest BCUT2D eigenvalue weighted by molar-refractivity contribution is 0.0465. The largest absolute Gasteiger partial charge is 0.455 e. The van der Waals surface area contributed by atoms with E-state index in [1.165, 1.54) is 6.20 Å². The number of hydrogen-bond donors (Lipinski definition) is 0. The Morgan fingerprint density at radius 2 is 2.00 bits per heavy atom. The second-order valence-electron chi connectivity index (χ2n) is 5.12. The Labute approximate surface area is 143 Å². The molecule has 0 aliphatic heterocycles. The molecule has 0 saturated heterocycles. The van der Waals surface area contributed by atoms with Gasteiger partial charge in [-0.15, -0.1) is 5.10 Å². The first-order chi connectivity index (χ1) is 11.5. The summed E-state index contributed by atoms with van der Waals surface area (Å²) in [5.41, 5.74) is 2.26. The number of carbonyl (C=O) groups excluding carboxylic acids is 1. The quantitative estimate of drug-likeness (QED) is 0.677. The van der Waals surface area contributed by atoms with Gasteiger partial charge in [-0.2, -0.15) is 0 Å². The molecule has 24 heavy (non-hydrogen) atoms. The lowest BCUT2D eigenvalue weighted by atomic mass is 10.2. The van der Waals surface area contributed by atoms with Crippen molar-refractivity contribution in [2.45, 2.75) is 20.5 Å². The average Bonchev–Trinajstić information content (AvgIpc) is 3.02. The van der Waals surface area contributed by atoms with Crippen LogP contribution in [0.5, 0.6) is 0 Å². The molecule has 0 unspecified atom stereocenters. The van der Waals surface area contributed by atoms with Gasteiger partial charge in [0.05, 0.1) is 23.1 Å². The minimum atomic E-state index is -0.492. The first kappa shape index (κ1) is 16.1. The Balaban J connectivity index is 1.67. The van der Waals surface area contributed by atoms with Crippen molar-refractivity contribution in [2.24, 2.45) is 0 Å². The predicted octanol–water partition coefficient (Wildman–Crippen LogP) is 2.68. The van der Waals surface area contributed by atoms with Gasteiger partial charge in [0, 0.05) is 11.2 Å². The molecule has 0 spiro atoms. The third-order valence-corrected chi connectivity index (χ3v) is 3.55. The molecule has 2 aromatic heterocycles. The monoisotopic (exact) mass is 343 g/mol. The number of halogens is 1. The van der Waals surface area contributed by atoms with Crippen LogP contribution in [0.15, 0.2) is 36.7 Å². The van der Waals surface area contributed by atoms with E-state index in [2.05, 4.69) is 20.3 Å². The molecule has 0 bridgehead atoms. The van der Waals surface area contributed by atoms with Crippen molar-refractivity contribution in [1.29, 1.82) is 0 Å². The van der Waals surface area contributed by atoms with Gasteiger partial charge in [-0.3, -0.25) is 0 Å². The van der Waals surface area contributed by atoms with Gasteiger partial charge < -0.3 is 4.74 Å². The number of benzene rings is 1. The number of esters is 1. The van der Waals surface area contributed by atoms with Crippen molar-refractivity contribution in [3.63, 3.8) is 0 Å². The molecular formula is C16H14ClN5O2. The number of nitrogens with zero attached hydrogens (tertiary/aromatic N) is 5. The Morgan fingerprint density at radius 3 is 2.71 bits per heavy atom. The smallest absolute Gasteiger partial charge is 0.341 e. The second-order valence-corrected chi connectivity index (χ2v) is 5.56. The van der Waals surface area contributed by atoms with Gasteiger partial charge >= 0.3 is 5.97 Å². The number of ether oxygens (including phenoxy) is 1. The summed E-state index contributed by atoms with van der Waals surface area (Å²) in [7, 11) is 0. The molecule has 0 saturated carbocycles. The Kier molecular flexibility index (Phi) is 4.52. The standard InChI is InChI=1S/C16H14ClN5O2/c1-10-15(7-18-11(2)19-10)16(23)24-9-13-8-22(21-20-13)14-5-3-12(17)4-6-14/h3-8H,9H2,1-2H3. The fourth-order valence-electron chi connectivity index (χ4n) is 2.09. The SMILES string of the molecule is Cc1ncc(C(=O)OCc2cn(-c3ccc(Cl)cc3)nn2)c(C)n1. The second kappa shape index (κ2) is 6.76. The van der Waals surface area contributed by atoms with E-state index in [1.54, 1.807) is 36.9 Å². The van der Waals surface area contributed by atoms with Gasteiger partial charge in [0.25, 0.3) is 0 Å². The molecule has 0 N–H and O–H groups in total. The van der Waals surface area contributed by atoms with Gasteiger partial charge in [-0.1, -0.05) is 16.8 Å². The third-order valence-electron chi connectivity index (χ3n) is 3.30. The molecule has 1 aromatic carbocycles. The number of carbonyl (C=O) groups is 1. The molecule has 122 valence electrons. The van der Waals surface area contributed by atoms with E-state index in [0.29, 0.717) is 27.8 Å². The van der Waals surface area contributed by atoms with Crippen LogP contribution in [0.1, 0.15) is 27.6 Å². The average molecular weight is 344 g/mol. The zero-order valence-corrected chi connectivity index (χ0v) is 13.9. The predicted molar refractivity (Wildman–Crippen MR) is 87.0 cm³/mol. The summed E-state index contributed by atoms with van der Waals surface area (Å²) in [6.45, 7) is 3.51. The molecule has 0 atom stereocenters. The maximum atomic E-state index is 12.1. The minimum Gasteiger partial charge on any atom is -0.455 e. The summed E-state index contributed by atoms with van der Waals surface area (Å²) in [6, 6.07) is 7.16. The van der Waals surface area contributed by atoms with Crippen LogP contribution in [0.3, 0.4) is 0 Å². The topological polar surface area (TPSA) is 82.8 Å². The zero-order valence-electron chi connectivity index (χ0n) is 13.1. The van der Waals surface area contributed by atoms with Crippen LogP contribution in [0.4, 0.5) is 0 Å². The molecule has 0 radical (unpaired) electrons. The maximum absolute atomic E-state index is 12.1. The van der Waals surface area contributed by atoms with E-state index in [1.807, 2.05) is 12.1 Å². The number of aryl methyl sites for hydroxylation is 2. The van der Waals surface area contributed by atoms with Crippen molar-refractivity contribution in [3.8, 4) is 5.69 Å². The molecule has 0 aliphatic carbocycles. The Bertz CT molecular complexity index is 876. The summed E-state index contributed by atoms with van der Waals surface area (Å²) in [6.07, 6.45) is 3.15. The molecule has 0 aliphatic rings. The van der Waals surface area contributed by atoms with Crippen molar-refractivity contribution in [2.75, 3.05) is 0 Å². The van der Waals surface area contributed by atoms with Gasteiger partial charge in [0.15, 0.2) is 0 Å². The van der Waals surface area contributed by atoms with Crippen LogP contribution in [-0.4, -0.2) is 30.9 Å². The molecule has 8 heteroatoms. The van der Waals surface area contributed by atoms with Crippen LogP contribution in [0, 0.1) is 13.8 Å². The lowest BCUT2D eigenvalue weighted by Gasteiger charge is -2.05. The molecule has 3 rings (SSSR count). The summed E-state index contributed by atoms with van der Waals surface area (Å²) < 4.78 is 6.83. The summed E-state index contributed by atoms with van der Waals surface area (Å²) in [4.78, 5) is 20.3. The van der Waals surface area contributed by atoms with E-state index < -0.39 is 5.97 Å².